The smallest absolute Gasteiger partial charge is 0.303 e. The van der Waals surface area contributed by atoms with Crippen LogP contribution in [0, 0.1) is 0 Å². The largest absolute Gasteiger partial charge is 0.481 e. The van der Waals surface area contributed by atoms with Crippen LogP contribution in [0.2, 0.25) is 0 Å². The number of hydrogen-bond acceptors (Lipinski definition) is 4. The van der Waals surface area contributed by atoms with Gasteiger partial charge in [0.2, 0.25) is 0 Å². The van der Waals surface area contributed by atoms with Crippen LogP contribution in [0.1, 0.15) is 12.0 Å². The minimum atomic E-state index is -0.814. The first-order chi connectivity index (χ1) is 6.24. The second-order valence-corrected chi connectivity index (χ2v) is 2.54. The molecule has 0 radical (unpaired) electrons. The Morgan fingerprint density at radius 2 is 2.46 bits per heavy atom. The van der Waals surface area contributed by atoms with Crippen LogP contribution < -0.4 is 5.32 Å². The van der Waals surface area contributed by atoms with Crippen LogP contribution >= 0.6 is 0 Å². The van der Waals surface area contributed by atoms with E-state index in [1.165, 1.54) is 6.33 Å². The van der Waals surface area contributed by atoms with Crippen molar-refractivity contribution in [2.75, 3.05) is 12.4 Å². The molecule has 0 amide bonds. The fourth-order valence-corrected chi connectivity index (χ4v) is 1.01. The lowest BCUT2D eigenvalue weighted by Gasteiger charge is -2.04. The molecule has 0 fully saturated rings. The molecule has 1 rings (SSSR count). The molecule has 2 N–H and O–H groups in total. The summed E-state index contributed by atoms with van der Waals surface area (Å²) in [7, 11) is 1.74. The van der Waals surface area contributed by atoms with Gasteiger partial charge >= 0.3 is 5.97 Å². The van der Waals surface area contributed by atoms with Crippen molar-refractivity contribution in [2.45, 2.75) is 12.8 Å². The van der Waals surface area contributed by atoms with Gasteiger partial charge in [0, 0.05) is 25.2 Å². The van der Waals surface area contributed by atoms with Gasteiger partial charge in [-0.05, 0) is 6.42 Å². The van der Waals surface area contributed by atoms with Crippen LogP contribution in [-0.4, -0.2) is 28.1 Å². The fourth-order valence-electron chi connectivity index (χ4n) is 1.01. The van der Waals surface area contributed by atoms with Crippen molar-refractivity contribution in [1.29, 1.82) is 0 Å². The van der Waals surface area contributed by atoms with E-state index in [4.69, 9.17) is 5.11 Å². The lowest BCUT2D eigenvalue weighted by atomic mass is 10.2. The van der Waals surface area contributed by atoms with Gasteiger partial charge in [-0.2, -0.15) is 0 Å². The van der Waals surface area contributed by atoms with Crippen molar-refractivity contribution < 1.29 is 9.90 Å². The third-order valence-corrected chi connectivity index (χ3v) is 1.63. The fraction of sp³-hybridized carbons (Fsp3) is 0.375. The Balaban J connectivity index is 2.69. The lowest BCUT2D eigenvalue weighted by molar-refractivity contribution is -0.136. The normalized spacial score (nSPS) is 9.62. The molecule has 0 aliphatic heterocycles. The van der Waals surface area contributed by atoms with Gasteiger partial charge in [-0.25, -0.2) is 9.97 Å². The molecule has 70 valence electrons. The summed E-state index contributed by atoms with van der Waals surface area (Å²) < 4.78 is 0. The Morgan fingerprint density at radius 1 is 1.69 bits per heavy atom. The van der Waals surface area contributed by atoms with Gasteiger partial charge < -0.3 is 10.4 Å². The quantitative estimate of drug-likeness (QED) is 0.708. The van der Waals surface area contributed by atoms with Crippen molar-refractivity contribution in [3.05, 3.63) is 18.1 Å². The highest BCUT2D eigenvalue weighted by molar-refractivity contribution is 5.67. The summed E-state index contributed by atoms with van der Waals surface area (Å²) in [4.78, 5) is 18.1. The van der Waals surface area contributed by atoms with Crippen molar-refractivity contribution in [2.24, 2.45) is 0 Å². The summed E-state index contributed by atoms with van der Waals surface area (Å²) in [6, 6.07) is 0. The molecule has 0 aliphatic rings. The minimum Gasteiger partial charge on any atom is -0.481 e. The number of rotatable bonds is 4. The zero-order chi connectivity index (χ0) is 9.68. The van der Waals surface area contributed by atoms with Gasteiger partial charge in [0.15, 0.2) is 0 Å². The Labute approximate surface area is 75.8 Å². The maximum absolute atomic E-state index is 10.3. The van der Waals surface area contributed by atoms with E-state index in [0.717, 1.165) is 5.56 Å². The molecule has 5 nitrogen and oxygen atoms in total. The number of nitrogens with one attached hydrogen (secondary N) is 1. The summed E-state index contributed by atoms with van der Waals surface area (Å²) in [5, 5.41) is 11.4. The molecule has 0 spiro atoms. The number of carbonyl (C=O) groups is 1. The van der Waals surface area contributed by atoms with Gasteiger partial charge in [0.05, 0.1) is 0 Å². The van der Waals surface area contributed by atoms with Crippen molar-refractivity contribution in [3.8, 4) is 0 Å². The molecule has 0 atom stereocenters. The van der Waals surface area contributed by atoms with E-state index < -0.39 is 5.97 Å². The maximum Gasteiger partial charge on any atom is 0.303 e. The van der Waals surface area contributed by atoms with Gasteiger partial charge in [-0.3, -0.25) is 4.79 Å². The highest BCUT2D eigenvalue weighted by Crippen LogP contribution is 2.10. The van der Waals surface area contributed by atoms with E-state index in [1.54, 1.807) is 13.2 Å². The second-order valence-electron chi connectivity index (χ2n) is 2.54. The predicted molar refractivity (Wildman–Crippen MR) is 47.5 cm³/mol. The third-order valence-electron chi connectivity index (χ3n) is 1.63. The molecule has 13 heavy (non-hydrogen) atoms. The molecule has 1 heterocycles. The SMILES string of the molecule is CNc1ncncc1CCC(=O)O. The van der Waals surface area contributed by atoms with Crippen LogP contribution in [0.3, 0.4) is 0 Å². The molecule has 0 saturated carbocycles. The molecular weight excluding hydrogens is 170 g/mol. The Hall–Kier alpha value is -1.65. The number of aliphatic carboxylic acids is 1. The van der Waals surface area contributed by atoms with Crippen molar-refractivity contribution >= 4 is 11.8 Å². The summed E-state index contributed by atoms with van der Waals surface area (Å²) >= 11 is 0. The number of hydrogen-bond donors (Lipinski definition) is 2. The summed E-state index contributed by atoms with van der Waals surface area (Å²) in [5.41, 5.74) is 0.826. The molecule has 1 aromatic heterocycles. The predicted octanol–water partition coefficient (Wildman–Crippen LogP) is 0.536. The minimum absolute atomic E-state index is 0.0993. The maximum atomic E-state index is 10.3. The standard InChI is InChI=1S/C8H11N3O2/c1-9-8-6(2-3-7(12)13)4-10-5-11-8/h4-5H,2-3H2,1H3,(H,12,13)(H,9,10,11). The van der Waals surface area contributed by atoms with E-state index in [2.05, 4.69) is 15.3 Å². The third kappa shape index (κ3) is 2.70. The first-order valence-corrected chi connectivity index (χ1v) is 3.92. The molecule has 5 heteroatoms. The zero-order valence-electron chi connectivity index (χ0n) is 7.32. The number of nitrogens with zero attached hydrogens (tertiary/aromatic N) is 2. The van der Waals surface area contributed by atoms with Gasteiger partial charge in [0.25, 0.3) is 0 Å². The van der Waals surface area contributed by atoms with Crippen LogP contribution in [0.15, 0.2) is 12.5 Å². The van der Waals surface area contributed by atoms with Crippen LogP contribution in [0.4, 0.5) is 5.82 Å². The van der Waals surface area contributed by atoms with Crippen LogP contribution in [0.5, 0.6) is 0 Å². The number of aryl methyl sites for hydroxylation is 1. The average Bonchev–Trinajstić information content (AvgIpc) is 2.15. The molecule has 1 aromatic rings. The van der Waals surface area contributed by atoms with Crippen molar-refractivity contribution in [1.82, 2.24) is 9.97 Å². The average molecular weight is 181 g/mol. The summed E-state index contributed by atoms with van der Waals surface area (Å²) in [6.07, 6.45) is 3.60. The topological polar surface area (TPSA) is 75.1 Å². The molecular formula is C8H11N3O2. The zero-order valence-corrected chi connectivity index (χ0v) is 7.32. The molecule has 0 aliphatic carbocycles. The van der Waals surface area contributed by atoms with E-state index in [-0.39, 0.29) is 6.42 Å². The highest BCUT2D eigenvalue weighted by atomic mass is 16.4. The molecule has 0 saturated heterocycles. The number of carboxylic acid groups (broad SMARTS) is 1. The molecule has 0 aromatic carbocycles. The first kappa shape index (κ1) is 9.44. The Bertz CT molecular complexity index is 301. The monoisotopic (exact) mass is 181 g/mol. The Morgan fingerprint density at radius 3 is 3.08 bits per heavy atom. The summed E-state index contributed by atoms with van der Waals surface area (Å²) in [5.74, 6) is -0.123. The summed E-state index contributed by atoms with van der Waals surface area (Å²) in [6.45, 7) is 0. The highest BCUT2D eigenvalue weighted by Gasteiger charge is 2.04. The second kappa shape index (κ2) is 4.39. The van der Waals surface area contributed by atoms with E-state index in [0.29, 0.717) is 12.2 Å². The van der Waals surface area contributed by atoms with E-state index >= 15 is 0 Å². The number of aromatic nitrogens is 2. The van der Waals surface area contributed by atoms with Gasteiger partial charge in [0.1, 0.15) is 12.1 Å². The number of carboxylic acids is 1. The number of anilines is 1. The first-order valence-electron chi connectivity index (χ1n) is 3.92. The van der Waals surface area contributed by atoms with Crippen molar-refractivity contribution in [3.63, 3.8) is 0 Å². The van der Waals surface area contributed by atoms with E-state index in [1.807, 2.05) is 0 Å². The Kier molecular flexibility index (Phi) is 3.19. The van der Waals surface area contributed by atoms with Gasteiger partial charge in [-0.15, -0.1) is 0 Å². The van der Waals surface area contributed by atoms with Crippen LogP contribution in [-0.2, 0) is 11.2 Å². The molecule has 0 bridgehead atoms. The van der Waals surface area contributed by atoms with Crippen LogP contribution in [0.25, 0.3) is 0 Å². The van der Waals surface area contributed by atoms with E-state index in [9.17, 15) is 4.79 Å². The molecule has 0 unspecified atom stereocenters. The van der Waals surface area contributed by atoms with Gasteiger partial charge in [-0.1, -0.05) is 0 Å². The lowest BCUT2D eigenvalue weighted by Crippen LogP contribution is -2.03.